The van der Waals surface area contributed by atoms with Crippen LogP contribution in [0.15, 0.2) is 67.0 Å². The van der Waals surface area contributed by atoms with Gasteiger partial charge in [0.15, 0.2) is 5.78 Å². The highest BCUT2D eigenvalue weighted by molar-refractivity contribution is 5.97. The van der Waals surface area contributed by atoms with Crippen LogP contribution in [-0.4, -0.2) is 21.2 Å². The van der Waals surface area contributed by atoms with Gasteiger partial charge in [0, 0.05) is 43.3 Å². The Morgan fingerprint density at radius 3 is 2.31 bits per heavy atom. The van der Waals surface area contributed by atoms with Crippen LogP contribution in [0.1, 0.15) is 70.6 Å². The van der Waals surface area contributed by atoms with Crippen molar-refractivity contribution in [3.63, 3.8) is 0 Å². The normalized spacial score (nSPS) is 12.1. The van der Waals surface area contributed by atoms with E-state index in [1.165, 1.54) is 0 Å². The second-order valence-electron chi connectivity index (χ2n) is 7.54. The Labute approximate surface area is 171 Å². The molecule has 5 heteroatoms. The number of carbonyl (C=O) groups excluding carboxylic acids is 2. The van der Waals surface area contributed by atoms with Crippen LogP contribution in [-0.2, 0) is 6.54 Å². The lowest BCUT2D eigenvalue weighted by molar-refractivity contribution is 0.0878. The quantitative estimate of drug-likeness (QED) is 0.573. The number of nitrogens with zero attached hydrogens (tertiary/aromatic N) is 2. The van der Waals surface area contributed by atoms with Crippen molar-refractivity contribution in [2.75, 3.05) is 0 Å². The first kappa shape index (κ1) is 20.7. The molecule has 2 N–H and O–H groups in total. The molecule has 1 atom stereocenters. The van der Waals surface area contributed by atoms with E-state index in [9.17, 15) is 9.59 Å². The summed E-state index contributed by atoms with van der Waals surface area (Å²) in [6, 6.07) is 17.1. The van der Waals surface area contributed by atoms with Crippen molar-refractivity contribution >= 4 is 11.7 Å². The van der Waals surface area contributed by atoms with Crippen molar-refractivity contribution in [1.29, 1.82) is 0 Å². The molecule has 0 amide bonds. The van der Waals surface area contributed by atoms with Crippen LogP contribution < -0.4 is 5.73 Å². The molecule has 1 aromatic heterocycles. The number of ketones is 1. The fourth-order valence-electron chi connectivity index (χ4n) is 3.46. The number of nitrogens with two attached hydrogens (primary N) is 1. The maximum absolute atomic E-state index is 13.0. The van der Waals surface area contributed by atoms with Crippen molar-refractivity contribution in [1.82, 2.24) is 9.55 Å². The number of hydrogen-bond donors (Lipinski definition) is 1. The molecule has 0 saturated heterocycles. The summed E-state index contributed by atoms with van der Waals surface area (Å²) in [4.78, 5) is 30.2. The number of benzene rings is 2. The molecule has 0 spiro atoms. The molecule has 2 aromatic carbocycles. The largest absolute Gasteiger partial charge is 0.326 e. The average Bonchev–Trinajstić information content (AvgIpc) is 3.24. The highest BCUT2D eigenvalue weighted by Gasteiger charge is 2.23. The summed E-state index contributed by atoms with van der Waals surface area (Å²) in [7, 11) is 0. The minimum atomic E-state index is -0.218. The second-order valence-corrected chi connectivity index (χ2v) is 7.54. The Kier molecular flexibility index (Phi) is 6.73. The first-order chi connectivity index (χ1) is 14.0. The monoisotopic (exact) mass is 389 g/mol. The van der Waals surface area contributed by atoms with Crippen molar-refractivity contribution in [2.24, 2.45) is 5.73 Å². The van der Waals surface area contributed by atoms with E-state index in [0.717, 1.165) is 17.0 Å². The molecule has 0 radical (unpaired) electrons. The van der Waals surface area contributed by atoms with E-state index in [4.69, 9.17) is 5.73 Å². The molecule has 29 heavy (non-hydrogen) atoms. The van der Waals surface area contributed by atoms with Crippen molar-refractivity contribution in [2.45, 2.75) is 45.1 Å². The number of rotatable bonds is 8. The van der Waals surface area contributed by atoms with E-state index in [2.05, 4.69) is 4.98 Å². The third-order valence-corrected chi connectivity index (χ3v) is 5.09. The highest BCUT2D eigenvalue weighted by Crippen LogP contribution is 2.27. The van der Waals surface area contributed by atoms with Gasteiger partial charge in [-0.15, -0.1) is 0 Å². The van der Waals surface area contributed by atoms with E-state index in [-0.39, 0.29) is 36.4 Å². The maximum atomic E-state index is 13.0. The summed E-state index contributed by atoms with van der Waals surface area (Å²) in [5.74, 6) is 0.634. The van der Waals surface area contributed by atoms with Gasteiger partial charge in [-0.2, -0.15) is 0 Å². The molecule has 0 aliphatic rings. The van der Waals surface area contributed by atoms with Gasteiger partial charge in [0.2, 0.25) is 5.91 Å². The van der Waals surface area contributed by atoms with Gasteiger partial charge in [-0.05, 0) is 17.0 Å². The van der Waals surface area contributed by atoms with E-state index < -0.39 is 0 Å². The molecule has 0 bridgehead atoms. The van der Waals surface area contributed by atoms with Crippen LogP contribution in [0.3, 0.4) is 0 Å². The number of carbonyl (C=O) groups is 2. The highest BCUT2D eigenvalue weighted by atomic mass is 16.2. The smallest absolute Gasteiger partial charge is 0.232 e. The molecular weight excluding hydrogens is 362 g/mol. The lowest BCUT2D eigenvalue weighted by atomic mass is 9.88. The Bertz CT molecular complexity index is 959. The van der Waals surface area contributed by atoms with E-state index in [1.54, 1.807) is 17.0 Å². The summed E-state index contributed by atoms with van der Waals surface area (Å²) in [5, 5.41) is 0. The Morgan fingerprint density at radius 2 is 1.69 bits per heavy atom. The summed E-state index contributed by atoms with van der Waals surface area (Å²) < 4.78 is 1.61. The minimum absolute atomic E-state index is 0.0287. The average molecular weight is 389 g/mol. The van der Waals surface area contributed by atoms with E-state index >= 15 is 0 Å². The third-order valence-electron chi connectivity index (χ3n) is 5.09. The van der Waals surface area contributed by atoms with Crippen LogP contribution in [0.25, 0.3) is 0 Å². The van der Waals surface area contributed by atoms with E-state index in [1.807, 2.05) is 68.4 Å². The number of hydrogen-bond acceptors (Lipinski definition) is 4. The lowest BCUT2D eigenvalue weighted by Gasteiger charge is -2.18. The molecule has 150 valence electrons. The molecule has 0 aliphatic carbocycles. The Hall–Kier alpha value is -3.05. The zero-order valence-corrected chi connectivity index (χ0v) is 16.9. The lowest BCUT2D eigenvalue weighted by Crippen LogP contribution is -2.19. The van der Waals surface area contributed by atoms with Crippen molar-refractivity contribution in [3.05, 3.63) is 89.5 Å². The van der Waals surface area contributed by atoms with Crippen LogP contribution >= 0.6 is 0 Å². The number of imidazole rings is 1. The van der Waals surface area contributed by atoms with Crippen LogP contribution in [0.2, 0.25) is 0 Å². The fraction of sp³-hybridized carbons (Fsp3) is 0.292. The third kappa shape index (κ3) is 5.06. The Balaban J connectivity index is 1.86. The standard InChI is InChI=1S/C24H27N3O2/c1-17(2)24-26-12-13-27(24)23(29)15-21(19-10-8-18(16-25)9-11-19)14-22(28)20-6-4-3-5-7-20/h3-13,17,21H,14-16,25H2,1-2H3/t21-/m1/s1. The van der Waals surface area contributed by atoms with Crippen LogP contribution in [0, 0.1) is 0 Å². The van der Waals surface area contributed by atoms with Gasteiger partial charge in [0.25, 0.3) is 0 Å². The summed E-state index contributed by atoms with van der Waals surface area (Å²) in [6.45, 7) is 4.47. The van der Waals surface area contributed by atoms with Gasteiger partial charge < -0.3 is 5.73 Å². The molecule has 3 aromatic rings. The summed E-state index contributed by atoms with van der Waals surface area (Å²) in [5.41, 5.74) is 8.35. The van der Waals surface area contributed by atoms with Crippen LogP contribution in [0.4, 0.5) is 0 Å². The minimum Gasteiger partial charge on any atom is -0.326 e. The first-order valence-corrected chi connectivity index (χ1v) is 9.93. The summed E-state index contributed by atoms with van der Waals surface area (Å²) in [6.07, 6.45) is 3.85. The molecule has 1 heterocycles. The molecule has 0 unspecified atom stereocenters. The number of aromatic nitrogens is 2. The van der Waals surface area contributed by atoms with Gasteiger partial charge in [-0.25, -0.2) is 4.98 Å². The summed E-state index contributed by atoms with van der Waals surface area (Å²) >= 11 is 0. The predicted molar refractivity (Wildman–Crippen MR) is 114 cm³/mol. The SMILES string of the molecule is CC(C)c1nccn1C(=O)C[C@@H](CC(=O)c1ccccc1)c1ccc(CN)cc1. The van der Waals surface area contributed by atoms with E-state index in [0.29, 0.717) is 12.1 Å². The first-order valence-electron chi connectivity index (χ1n) is 9.93. The topological polar surface area (TPSA) is 78.0 Å². The molecular formula is C24H27N3O2. The predicted octanol–water partition coefficient (Wildman–Crippen LogP) is 4.55. The van der Waals surface area contributed by atoms with Gasteiger partial charge in [0.05, 0.1) is 0 Å². The maximum Gasteiger partial charge on any atom is 0.232 e. The van der Waals surface area contributed by atoms with Crippen molar-refractivity contribution < 1.29 is 9.59 Å². The van der Waals surface area contributed by atoms with Crippen LogP contribution in [0.5, 0.6) is 0 Å². The zero-order chi connectivity index (χ0) is 20.8. The number of Topliss-reactive ketones (excluding diaryl/α,β-unsaturated/α-hetero) is 1. The molecule has 3 rings (SSSR count). The van der Waals surface area contributed by atoms with Crippen molar-refractivity contribution in [3.8, 4) is 0 Å². The van der Waals surface area contributed by atoms with Gasteiger partial charge in [0.1, 0.15) is 5.82 Å². The Morgan fingerprint density at radius 1 is 1.00 bits per heavy atom. The van der Waals surface area contributed by atoms with Gasteiger partial charge in [-0.1, -0.05) is 68.4 Å². The molecule has 5 nitrogen and oxygen atoms in total. The molecule has 0 fully saturated rings. The van der Waals surface area contributed by atoms with Gasteiger partial charge in [-0.3, -0.25) is 14.2 Å². The van der Waals surface area contributed by atoms with Gasteiger partial charge >= 0.3 is 0 Å². The second kappa shape index (κ2) is 9.43. The molecule has 0 saturated carbocycles. The zero-order valence-electron chi connectivity index (χ0n) is 16.9. The molecule has 0 aliphatic heterocycles. The fourth-order valence-corrected chi connectivity index (χ4v) is 3.46.